The van der Waals surface area contributed by atoms with Gasteiger partial charge in [-0.05, 0) is 19.1 Å². The molecule has 0 aromatic heterocycles. The van der Waals surface area contributed by atoms with Crippen LogP contribution in [0.3, 0.4) is 0 Å². The number of Topliss-reactive ketones (excluding diaryl/α,β-unsaturated/α-hetero) is 1. The van der Waals surface area contributed by atoms with Crippen molar-refractivity contribution in [1.29, 1.82) is 0 Å². The third-order valence-corrected chi connectivity index (χ3v) is 2.23. The van der Waals surface area contributed by atoms with Crippen molar-refractivity contribution in [2.24, 2.45) is 4.99 Å². The Bertz CT molecular complexity index is 412. The number of hydrogen-bond acceptors (Lipinski definition) is 4. The third-order valence-electron chi connectivity index (χ3n) is 2.23. The number of ketones is 1. The molecule has 0 spiro atoms. The third kappa shape index (κ3) is 2.15. The number of hydrogen-bond donors (Lipinski definition) is 2. The molecule has 1 heterocycles. The van der Waals surface area contributed by atoms with Gasteiger partial charge in [-0.25, -0.2) is 0 Å². The SMILES string of the molecule is CC(=O)c1ccccc1NC1=NCCN1. The lowest BCUT2D eigenvalue weighted by molar-refractivity contribution is 0.101. The number of rotatable bonds is 2. The van der Waals surface area contributed by atoms with Crippen LogP contribution in [0.2, 0.25) is 0 Å². The van der Waals surface area contributed by atoms with Crippen LogP contribution in [0, 0.1) is 0 Å². The van der Waals surface area contributed by atoms with Crippen LogP contribution in [0.1, 0.15) is 17.3 Å². The van der Waals surface area contributed by atoms with Crippen LogP contribution in [0.5, 0.6) is 0 Å². The maximum atomic E-state index is 11.3. The highest BCUT2D eigenvalue weighted by Crippen LogP contribution is 2.15. The molecule has 2 rings (SSSR count). The zero-order valence-electron chi connectivity index (χ0n) is 8.58. The van der Waals surface area contributed by atoms with E-state index in [1.54, 1.807) is 13.0 Å². The molecule has 78 valence electrons. The summed E-state index contributed by atoms with van der Waals surface area (Å²) in [5.74, 6) is 0.792. The van der Waals surface area contributed by atoms with E-state index in [1.165, 1.54) is 0 Å². The van der Waals surface area contributed by atoms with Crippen LogP contribution < -0.4 is 10.6 Å². The smallest absolute Gasteiger partial charge is 0.195 e. The average Bonchev–Trinajstić information content (AvgIpc) is 2.71. The Morgan fingerprint density at radius 2 is 2.27 bits per heavy atom. The van der Waals surface area contributed by atoms with E-state index in [0.717, 1.165) is 24.7 Å². The van der Waals surface area contributed by atoms with Crippen LogP contribution in [0.15, 0.2) is 29.3 Å². The zero-order valence-corrected chi connectivity index (χ0v) is 8.58. The van der Waals surface area contributed by atoms with Crippen molar-refractivity contribution in [2.45, 2.75) is 6.92 Å². The van der Waals surface area contributed by atoms with E-state index in [-0.39, 0.29) is 5.78 Å². The van der Waals surface area contributed by atoms with E-state index in [1.807, 2.05) is 18.2 Å². The lowest BCUT2D eigenvalue weighted by Crippen LogP contribution is -2.26. The number of nitrogens with one attached hydrogen (secondary N) is 2. The molecular weight excluding hydrogens is 190 g/mol. The summed E-state index contributed by atoms with van der Waals surface area (Å²) in [5.41, 5.74) is 1.49. The van der Waals surface area contributed by atoms with Gasteiger partial charge in [0.25, 0.3) is 0 Å². The average molecular weight is 203 g/mol. The number of carbonyl (C=O) groups excluding carboxylic acids is 1. The Balaban J connectivity index is 2.23. The molecule has 4 nitrogen and oxygen atoms in total. The predicted molar refractivity (Wildman–Crippen MR) is 60.4 cm³/mol. The molecule has 0 bridgehead atoms. The Labute approximate surface area is 88.4 Å². The van der Waals surface area contributed by atoms with Gasteiger partial charge >= 0.3 is 0 Å². The number of guanidine groups is 1. The van der Waals surface area contributed by atoms with Gasteiger partial charge in [0.05, 0.1) is 12.2 Å². The van der Waals surface area contributed by atoms with Gasteiger partial charge in [-0.2, -0.15) is 0 Å². The molecule has 0 amide bonds. The maximum absolute atomic E-state index is 11.3. The first-order valence-electron chi connectivity index (χ1n) is 4.92. The number of anilines is 1. The number of nitrogens with zero attached hydrogens (tertiary/aromatic N) is 1. The Kier molecular flexibility index (Phi) is 2.67. The second kappa shape index (κ2) is 4.13. The molecule has 4 heteroatoms. The van der Waals surface area contributed by atoms with Gasteiger partial charge in [0.15, 0.2) is 11.7 Å². The molecule has 0 unspecified atom stereocenters. The zero-order chi connectivity index (χ0) is 10.7. The topological polar surface area (TPSA) is 53.5 Å². The lowest BCUT2D eigenvalue weighted by Gasteiger charge is -2.09. The molecule has 2 N–H and O–H groups in total. The standard InChI is InChI=1S/C11H13N3O/c1-8(15)9-4-2-3-5-10(9)14-11-12-6-7-13-11/h2-5H,6-7H2,1H3,(H2,12,13,14). The quantitative estimate of drug-likeness (QED) is 0.711. The second-order valence-electron chi connectivity index (χ2n) is 3.38. The minimum atomic E-state index is 0.0525. The van der Waals surface area contributed by atoms with Crippen LogP contribution >= 0.6 is 0 Å². The van der Waals surface area contributed by atoms with Crippen molar-refractivity contribution in [2.75, 3.05) is 18.4 Å². The van der Waals surface area contributed by atoms with E-state index in [9.17, 15) is 4.79 Å². The first-order chi connectivity index (χ1) is 7.27. The number of aliphatic imine (C=N–C) groups is 1. The minimum absolute atomic E-state index is 0.0525. The fraction of sp³-hybridized carbons (Fsp3) is 0.273. The molecule has 1 aliphatic heterocycles. The molecule has 0 fully saturated rings. The molecular formula is C11H13N3O. The van der Waals surface area contributed by atoms with Crippen molar-refractivity contribution < 1.29 is 4.79 Å². The van der Waals surface area contributed by atoms with Crippen LogP contribution in [0.4, 0.5) is 5.69 Å². The summed E-state index contributed by atoms with van der Waals surface area (Å²) < 4.78 is 0. The number of para-hydroxylation sites is 1. The van der Waals surface area contributed by atoms with Crippen molar-refractivity contribution >= 4 is 17.4 Å². The molecule has 1 aliphatic rings. The Morgan fingerprint density at radius 3 is 2.93 bits per heavy atom. The summed E-state index contributed by atoms with van der Waals surface area (Å²) >= 11 is 0. The molecule has 0 saturated carbocycles. The monoisotopic (exact) mass is 203 g/mol. The molecule has 1 aromatic rings. The first-order valence-corrected chi connectivity index (χ1v) is 4.92. The second-order valence-corrected chi connectivity index (χ2v) is 3.38. The highest BCUT2D eigenvalue weighted by Gasteiger charge is 2.09. The van der Waals surface area contributed by atoms with Crippen molar-refractivity contribution in [3.63, 3.8) is 0 Å². The van der Waals surface area contributed by atoms with Gasteiger partial charge in [-0.3, -0.25) is 9.79 Å². The van der Waals surface area contributed by atoms with Crippen LogP contribution in [-0.4, -0.2) is 24.8 Å². The minimum Gasteiger partial charge on any atom is -0.354 e. The highest BCUT2D eigenvalue weighted by atomic mass is 16.1. The fourth-order valence-electron chi connectivity index (χ4n) is 1.51. The van der Waals surface area contributed by atoms with E-state index >= 15 is 0 Å². The van der Waals surface area contributed by atoms with Gasteiger partial charge in [0.1, 0.15) is 0 Å². The fourth-order valence-corrected chi connectivity index (χ4v) is 1.51. The summed E-state index contributed by atoms with van der Waals surface area (Å²) in [7, 11) is 0. The van der Waals surface area contributed by atoms with Gasteiger partial charge in [0, 0.05) is 12.1 Å². The Morgan fingerprint density at radius 1 is 1.47 bits per heavy atom. The highest BCUT2D eigenvalue weighted by molar-refractivity contribution is 6.04. The normalized spacial score (nSPS) is 14.3. The van der Waals surface area contributed by atoms with Gasteiger partial charge in [-0.15, -0.1) is 0 Å². The van der Waals surface area contributed by atoms with Crippen LogP contribution in [0.25, 0.3) is 0 Å². The predicted octanol–water partition coefficient (Wildman–Crippen LogP) is 1.26. The lowest BCUT2D eigenvalue weighted by atomic mass is 10.1. The molecule has 0 aliphatic carbocycles. The molecule has 0 saturated heterocycles. The summed E-state index contributed by atoms with van der Waals surface area (Å²) in [4.78, 5) is 15.6. The largest absolute Gasteiger partial charge is 0.354 e. The summed E-state index contributed by atoms with van der Waals surface area (Å²) in [6.07, 6.45) is 0. The summed E-state index contributed by atoms with van der Waals surface area (Å²) in [6.45, 7) is 3.19. The Hall–Kier alpha value is -1.84. The number of carbonyl (C=O) groups is 1. The first kappa shape index (κ1) is 9.71. The summed E-state index contributed by atoms with van der Waals surface area (Å²) in [5, 5.41) is 6.21. The van der Waals surface area contributed by atoms with E-state index < -0.39 is 0 Å². The van der Waals surface area contributed by atoms with E-state index in [0.29, 0.717) is 5.56 Å². The number of benzene rings is 1. The van der Waals surface area contributed by atoms with E-state index in [2.05, 4.69) is 15.6 Å². The maximum Gasteiger partial charge on any atom is 0.195 e. The van der Waals surface area contributed by atoms with E-state index in [4.69, 9.17) is 0 Å². The molecule has 1 aromatic carbocycles. The molecule has 0 atom stereocenters. The van der Waals surface area contributed by atoms with Crippen molar-refractivity contribution in [1.82, 2.24) is 5.32 Å². The molecule has 15 heavy (non-hydrogen) atoms. The summed E-state index contributed by atoms with van der Waals surface area (Å²) in [6, 6.07) is 7.43. The molecule has 0 radical (unpaired) electrons. The van der Waals surface area contributed by atoms with Crippen molar-refractivity contribution in [3.8, 4) is 0 Å². The van der Waals surface area contributed by atoms with Gasteiger partial charge < -0.3 is 10.6 Å². The van der Waals surface area contributed by atoms with Crippen molar-refractivity contribution in [3.05, 3.63) is 29.8 Å². The van der Waals surface area contributed by atoms with Gasteiger partial charge in [-0.1, -0.05) is 12.1 Å². The van der Waals surface area contributed by atoms with Crippen LogP contribution in [-0.2, 0) is 0 Å². The van der Waals surface area contributed by atoms with Gasteiger partial charge in [0.2, 0.25) is 0 Å².